The van der Waals surface area contributed by atoms with E-state index in [2.05, 4.69) is 24.1 Å². The molecule has 0 bridgehead atoms. The van der Waals surface area contributed by atoms with Crippen LogP contribution in [0.25, 0.3) is 0 Å². The highest BCUT2D eigenvalue weighted by Gasteiger charge is 2.14. The average molecular weight is 171 g/mol. The van der Waals surface area contributed by atoms with Crippen molar-refractivity contribution in [3.05, 3.63) is 0 Å². The summed E-state index contributed by atoms with van der Waals surface area (Å²) in [6.07, 6.45) is 0. The SMILES string of the molecule is CC(N)C(C)CN1CCNCC1. The minimum atomic E-state index is 0.319. The molecule has 1 saturated heterocycles. The van der Waals surface area contributed by atoms with Crippen molar-refractivity contribution in [3.8, 4) is 0 Å². The van der Waals surface area contributed by atoms with Crippen LogP contribution in [0, 0.1) is 5.92 Å². The molecule has 3 N–H and O–H groups in total. The third-order valence-corrected chi connectivity index (χ3v) is 2.65. The van der Waals surface area contributed by atoms with E-state index in [1.165, 1.54) is 13.1 Å². The van der Waals surface area contributed by atoms with Gasteiger partial charge in [-0.15, -0.1) is 0 Å². The van der Waals surface area contributed by atoms with Gasteiger partial charge >= 0.3 is 0 Å². The molecule has 3 heteroatoms. The van der Waals surface area contributed by atoms with E-state index in [0.29, 0.717) is 12.0 Å². The first kappa shape index (κ1) is 9.96. The van der Waals surface area contributed by atoms with Crippen LogP contribution in [0.5, 0.6) is 0 Å². The molecule has 1 aliphatic heterocycles. The fraction of sp³-hybridized carbons (Fsp3) is 1.00. The van der Waals surface area contributed by atoms with Crippen molar-refractivity contribution in [2.24, 2.45) is 11.7 Å². The monoisotopic (exact) mass is 171 g/mol. The van der Waals surface area contributed by atoms with Crippen LogP contribution in [0.4, 0.5) is 0 Å². The van der Waals surface area contributed by atoms with Crippen molar-refractivity contribution in [1.82, 2.24) is 10.2 Å². The first-order chi connectivity index (χ1) is 5.70. The van der Waals surface area contributed by atoms with Crippen LogP contribution in [-0.2, 0) is 0 Å². The Labute approximate surface area is 75.3 Å². The smallest absolute Gasteiger partial charge is 0.0107 e. The summed E-state index contributed by atoms with van der Waals surface area (Å²) in [5.74, 6) is 0.614. The zero-order chi connectivity index (χ0) is 8.97. The second-order valence-electron chi connectivity index (χ2n) is 3.89. The lowest BCUT2D eigenvalue weighted by Gasteiger charge is -2.30. The second kappa shape index (κ2) is 4.80. The highest BCUT2D eigenvalue weighted by atomic mass is 15.2. The molecule has 1 aliphatic rings. The summed E-state index contributed by atoms with van der Waals surface area (Å²) in [5, 5.41) is 3.34. The fourth-order valence-corrected chi connectivity index (χ4v) is 1.47. The van der Waals surface area contributed by atoms with E-state index < -0.39 is 0 Å². The van der Waals surface area contributed by atoms with Crippen LogP contribution < -0.4 is 11.1 Å². The number of hydrogen-bond donors (Lipinski definition) is 2. The Hall–Kier alpha value is -0.120. The van der Waals surface area contributed by atoms with Gasteiger partial charge in [-0.2, -0.15) is 0 Å². The fourth-order valence-electron chi connectivity index (χ4n) is 1.47. The average Bonchev–Trinajstić information content (AvgIpc) is 2.06. The minimum absolute atomic E-state index is 0.319. The highest BCUT2D eigenvalue weighted by molar-refractivity contribution is 4.73. The summed E-state index contributed by atoms with van der Waals surface area (Å²) in [5.41, 5.74) is 5.81. The molecule has 0 spiro atoms. The van der Waals surface area contributed by atoms with Crippen LogP contribution in [0.1, 0.15) is 13.8 Å². The van der Waals surface area contributed by atoms with Crippen molar-refractivity contribution in [1.29, 1.82) is 0 Å². The summed E-state index contributed by atoms with van der Waals surface area (Å²) >= 11 is 0. The third kappa shape index (κ3) is 3.09. The normalized spacial score (nSPS) is 25.2. The van der Waals surface area contributed by atoms with Crippen molar-refractivity contribution in [2.75, 3.05) is 32.7 Å². The van der Waals surface area contributed by atoms with E-state index >= 15 is 0 Å². The Bertz CT molecular complexity index is 119. The van der Waals surface area contributed by atoms with Crippen LogP contribution in [0.3, 0.4) is 0 Å². The lowest BCUT2D eigenvalue weighted by Crippen LogP contribution is -2.46. The second-order valence-corrected chi connectivity index (χ2v) is 3.89. The molecule has 0 radical (unpaired) electrons. The van der Waals surface area contributed by atoms with E-state index in [0.717, 1.165) is 19.6 Å². The van der Waals surface area contributed by atoms with E-state index in [9.17, 15) is 0 Å². The number of nitrogens with one attached hydrogen (secondary N) is 1. The minimum Gasteiger partial charge on any atom is -0.328 e. The van der Waals surface area contributed by atoms with Gasteiger partial charge in [-0.05, 0) is 12.8 Å². The summed E-state index contributed by atoms with van der Waals surface area (Å²) in [7, 11) is 0. The summed E-state index contributed by atoms with van der Waals surface area (Å²) in [4.78, 5) is 2.49. The Balaban J connectivity index is 2.20. The Morgan fingerprint density at radius 2 is 1.92 bits per heavy atom. The number of nitrogens with two attached hydrogens (primary N) is 1. The Kier molecular flexibility index (Phi) is 3.98. The molecule has 3 nitrogen and oxygen atoms in total. The summed E-state index contributed by atoms with van der Waals surface area (Å²) in [6.45, 7) is 10.1. The van der Waals surface area contributed by atoms with E-state index in [4.69, 9.17) is 5.73 Å². The van der Waals surface area contributed by atoms with Gasteiger partial charge in [-0.25, -0.2) is 0 Å². The van der Waals surface area contributed by atoms with Gasteiger partial charge in [-0.3, -0.25) is 0 Å². The van der Waals surface area contributed by atoms with E-state index in [1.54, 1.807) is 0 Å². The van der Waals surface area contributed by atoms with E-state index in [-0.39, 0.29) is 0 Å². The van der Waals surface area contributed by atoms with Gasteiger partial charge in [0.25, 0.3) is 0 Å². The molecule has 0 aromatic carbocycles. The number of piperazine rings is 1. The molecule has 1 fully saturated rings. The molecule has 0 aliphatic carbocycles. The summed E-state index contributed by atoms with van der Waals surface area (Å²) < 4.78 is 0. The molecule has 72 valence electrons. The molecular formula is C9H21N3. The largest absolute Gasteiger partial charge is 0.328 e. The first-order valence-corrected chi connectivity index (χ1v) is 4.89. The predicted molar refractivity (Wildman–Crippen MR) is 52.1 cm³/mol. The van der Waals surface area contributed by atoms with Gasteiger partial charge in [0.2, 0.25) is 0 Å². The topological polar surface area (TPSA) is 41.3 Å². The van der Waals surface area contributed by atoms with Gasteiger partial charge in [0, 0.05) is 38.8 Å². The van der Waals surface area contributed by atoms with Crippen molar-refractivity contribution in [3.63, 3.8) is 0 Å². The number of rotatable bonds is 3. The van der Waals surface area contributed by atoms with Crippen LogP contribution >= 0.6 is 0 Å². The van der Waals surface area contributed by atoms with Crippen molar-refractivity contribution < 1.29 is 0 Å². The molecule has 12 heavy (non-hydrogen) atoms. The molecule has 1 heterocycles. The Morgan fingerprint density at radius 1 is 1.33 bits per heavy atom. The first-order valence-electron chi connectivity index (χ1n) is 4.89. The lowest BCUT2D eigenvalue weighted by molar-refractivity contribution is 0.202. The lowest BCUT2D eigenvalue weighted by atomic mass is 10.0. The zero-order valence-corrected chi connectivity index (χ0v) is 8.21. The van der Waals surface area contributed by atoms with Crippen LogP contribution in [0.2, 0.25) is 0 Å². The van der Waals surface area contributed by atoms with Crippen molar-refractivity contribution >= 4 is 0 Å². The summed E-state index contributed by atoms with van der Waals surface area (Å²) in [6, 6.07) is 0.319. The molecule has 0 saturated carbocycles. The van der Waals surface area contributed by atoms with Crippen LogP contribution in [-0.4, -0.2) is 43.7 Å². The standard InChI is InChI=1S/C9H21N3/c1-8(9(2)10)7-12-5-3-11-4-6-12/h8-9,11H,3-7,10H2,1-2H3. The van der Waals surface area contributed by atoms with E-state index in [1.807, 2.05) is 0 Å². The quantitative estimate of drug-likeness (QED) is 0.622. The van der Waals surface area contributed by atoms with Crippen molar-refractivity contribution in [2.45, 2.75) is 19.9 Å². The van der Waals surface area contributed by atoms with Crippen LogP contribution in [0.15, 0.2) is 0 Å². The highest BCUT2D eigenvalue weighted by Crippen LogP contribution is 2.04. The molecular weight excluding hydrogens is 150 g/mol. The molecule has 0 aromatic heterocycles. The zero-order valence-electron chi connectivity index (χ0n) is 8.21. The van der Waals surface area contributed by atoms with Gasteiger partial charge in [0.15, 0.2) is 0 Å². The van der Waals surface area contributed by atoms with Gasteiger partial charge in [-0.1, -0.05) is 6.92 Å². The molecule has 2 unspecified atom stereocenters. The molecule has 2 atom stereocenters. The number of nitrogens with zero attached hydrogens (tertiary/aromatic N) is 1. The molecule has 0 aromatic rings. The Morgan fingerprint density at radius 3 is 2.42 bits per heavy atom. The third-order valence-electron chi connectivity index (χ3n) is 2.65. The maximum atomic E-state index is 5.81. The maximum Gasteiger partial charge on any atom is 0.0107 e. The van der Waals surface area contributed by atoms with Gasteiger partial charge < -0.3 is 16.0 Å². The number of hydrogen-bond acceptors (Lipinski definition) is 3. The molecule has 0 amide bonds. The maximum absolute atomic E-state index is 5.81. The predicted octanol–water partition coefficient (Wildman–Crippen LogP) is -0.125. The van der Waals surface area contributed by atoms with Gasteiger partial charge in [0.1, 0.15) is 0 Å². The molecule has 1 rings (SSSR count). The van der Waals surface area contributed by atoms with Gasteiger partial charge in [0.05, 0.1) is 0 Å².